The lowest BCUT2D eigenvalue weighted by Crippen LogP contribution is -2.14. The molecule has 0 N–H and O–H groups in total. The molecule has 0 saturated carbocycles. The van der Waals surface area contributed by atoms with Gasteiger partial charge in [-0.1, -0.05) is 121 Å². The second kappa shape index (κ2) is 11.5. The van der Waals surface area contributed by atoms with Crippen molar-refractivity contribution in [2.45, 2.75) is 9.79 Å². The Kier molecular flexibility index (Phi) is 6.72. The highest BCUT2D eigenvalue weighted by molar-refractivity contribution is 7.99. The van der Waals surface area contributed by atoms with Crippen molar-refractivity contribution < 1.29 is 0 Å². The first-order valence-electron chi connectivity index (χ1n) is 15.8. The van der Waals surface area contributed by atoms with Gasteiger partial charge in [-0.2, -0.15) is 0 Å². The van der Waals surface area contributed by atoms with E-state index < -0.39 is 0 Å². The summed E-state index contributed by atoms with van der Waals surface area (Å²) in [5, 5.41) is 0. The molecular formula is C43H29N3S. The summed E-state index contributed by atoms with van der Waals surface area (Å²) in [5.41, 5.74) is 12.5. The average molecular weight is 620 g/mol. The summed E-state index contributed by atoms with van der Waals surface area (Å²) in [5.74, 6) is 0.928. The van der Waals surface area contributed by atoms with Crippen LogP contribution in [0, 0.1) is 0 Å². The van der Waals surface area contributed by atoms with E-state index in [-0.39, 0.29) is 0 Å². The highest BCUT2D eigenvalue weighted by atomic mass is 32.2. The molecule has 4 heteroatoms. The van der Waals surface area contributed by atoms with E-state index in [1.54, 1.807) is 0 Å². The molecule has 0 spiro atoms. The van der Waals surface area contributed by atoms with Crippen molar-refractivity contribution in [3.63, 3.8) is 0 Å². The summed E-state index contributed by atoms with van der Waals surface area (Å²) in [6, 6.07) is 62.6. The number of para-hydroxylation sites is 3. The first kappa shape index (κ1) is 27.5. The van der Waals surface area contributed by atoms with Gasteiger partial charge in [0.2, 0.25) is 0 Å². The molecule has 0 atom stereocenters. The van der Waals surface area contributed by atoms with Crippen molar-refractivity contribution in [2.24, 2.45) is 0 Å². The normalized spacial score (nSPS) is 12.1. The molecule has 0 radical (unpaired) electrons. The van der Waals surface area contributed by atoms with E-state index in [0.29, 0.717) is 0 Å². The van der Waals surface area contributed by atoms with Crippen LogP contribution in [0.2, 0.25) is 0 Å². The summed E-state index contributed by atoms with van der Waals surface area (Å²) >= 11 is 1.82. The Bertz CT molecular complexity index is 2380. The quantitative estimate of drug-likeness (QED) is 0.191. The van der Waals surface area contributed by atoms with Crippen molar-refractivity contribution in [1.29, 1.82) is 0 Å². The highest BCUT2D eigenvalue weighted by Crippen LogP contribution is 2.52. The fourth-order valence-corrected chi connectivity index (χ4v) is 7.64. The molecule has 2 heterocycles. The van der Waals surface area contributed by atoms with E-state index in [1.165, 1.54) is 43.4 Å². The Morgan fingerprint density at radius 3 is 1.83 bits per heavy atom. The zero-order valence-corrected chi connectivity index (χ0v) is 26.3. The molecule has 3 nitrogen and oxygen atoms in total. The van der Waals surface area contributed by atoms with Crippen LogP contribution in [0.5, 0.6) is 0 Å². The zero-order chi connectivity index (χ0) is 31.2. The topological polar surface area (TPSA) is 21.1 Å². The summed E-state index contributed by atoms with van der Waals surface area (Å²) in [6.07, 6.45) is 0. The van der Waals surface area contributed by atoms with Gasteiger partial charge in [0.05, 0.1) is 22.4 Å². The van der Waals surface area contributed by atoms with Gasteiger partial charge in [0.1, 0.15) is 5.82 Å². The van der Waals surface area contributed by atoms with Gasteiger partial charge in [0.25, 0.3) is 0 Å². The van der Waals surface area contributed by atoms with E-state index in [0.717, 1.165) is 33.8 Å². The third kappa shape index (κ3) is 4.91. The maximum absolute atomic E-state index is 5.21. The molecule has 0 aliphatic carbocycles. The van der Waals surface area contributed by atoms with Crippen molar-refractivity contribution >= 4 is 39.9 Å². The van der Waals surface area contributed by atoms with Gasteiger partial charge >= 0.3 is 0 Å². The lowest BCUT2D eigenvalue weighted by atomic mass is 10.0. The number of hydrogen-bond donors (Lipinski definition) is 0. The van der Waals surface area contributed by atoms with Gasteiger partial charge in [-0.3, -0.25) is 4.57 Å². The number of nitrogens with zero attached hydrogens (tertiary/aromatic N) is 3. The molecule has 0 unspecified atom stereocenters. The lowest BCUT2D eigenvalue weighted by molar-refractivity contribution is 1.10. The number of benzene rings is 7. The van der Waals surface area contributed by atoms with Gasteiger partial charge < -0.3 is 4.90 Å². The zero-order valence-electron chi connectivity index (χ0n) is 25.5. The SMILES string of the molecule is c1ccc(-c2ccc(N3c4ccccc4Sc4cc(-c5nc6ccccc6n5-c5cccc(-c6ccccc6)c5)ccc43)cc2)cc1. The minimum Gasteiger partial charge on any atom is -0.308 e. The number of fused-ring (bicyclic) bond motifs is 3. The predicted octanol–water partition coefficient (Wildman–Crippen LogP) is 12.0. The molecule has 1 aromatic heterocycles. The van der Waals surface area contributed by atoms with Crippen LogP contribution >= 0.6 is 11.8 Å². The first-order valence-corrected chi connectivity index (χ1v) is 16.6. The molecule has 9 rings (SSSR count). The summed E-state index contributed by atoms with van der Waals surface area (Å²) in [7, 11) is 0. The largest absolute Gasteiger partial charge is 0.308 e. The van der Waals surface area contributed by atoms with Gasteiger partial charge in [-0.25, -0.2) is 4.98 Å². The second-order valence-corrected chi connectivity index (χ2v) is 12.8. The molecular weight excluding hydrogens is 591 g/mol. The molecule has 222 valence electrons. The van der Waals surface area contributed by atoms with Crippen LogP contribution in [0.4, 0.5) is 17.1 Å². The van der Waals surface area contributed by atoms with Crippen LogP contribution in [-0.2, 0) is 0 Å². The number of aromatic nitrogens is 2. The van der Waals surface area contributed by atoms with Gasteiger partial charge in [0, 0.05) is 26.7 Å². The van der Waals surface area contributed by atoms with Crippen LogP contribution in [0.1, 0.15) is 0 Å². The van der Waals surface area contributed by atoms with Crippen molar-refractivity contribution in [1.82, 2.24) is 9.55 Å². The van der Waals surface area contributed by atoms with Crippen molar-refractivity contribution in [2.75, 3.05) is 4.90 Å². The Balaban J connectivity index is 1.17. The molecule has 7 aromatic carbocycles. The molecule has 0 saturated heterocycles. The predicted molar refractivity (Wildman–Crippen MR) is 196 cm³/mol. The minimum atomic E-state index is 0.928. The molecule has 0 amide bonds. The third-order valence-corrected chi connectivity index (χ3v) is 9.90. The maximum Gasteiger partial charge on any atom is 0.145 e. The van der Waals surface area contributed by atoms with E-state index in [4.69, 9.17) is 4.98 Å². The molecule has 1 aliphatic rings. The van der Waals surface area contributed by atoms with E-state index in [2.05, 4.69) is 185 Å². The van der Waals surface area contributed by atoms with Crippen LogP contribution in [0.15, 0.2) is 186 Å². The molecule has 0 bridgehead atoms. The number of rotatable bonds is 5. The minimum absolute atomic E-state index is 0.928. The van der Waals surface area contributed by atoms with E-state index in [9.17, 15) is 0 Å². The lowest BCUT2D eigenvalue weighted by Gasteiger charge is -2.33. The first-order chi connectivity index (χ1) is 23.3. The monoisotopic (exact) mass is 619 g/mol. The van der Waals surface area contributed by atoms with Crippen LogP contribution in [0.3, 0.4) is 0 Å². The highest BCUT2D eigenvalue weighted by Gasteiger charge is 2.26. The van der Waals surface area contributed by atoms with Crippen molar-refractivity contribution in [3.8, 4) is 39.3 Å². The molecule has 1 aliphatic heterocycles. The Morgan fingerprint density at radius 1 is 0.404 bits per heavy atom. The van der Waals surface area contributed by atoms with E-state index in [1.807, 2.05) is 11.8 Å². The van der Waals surface area contributed by atoms with Crippen LogP contribution in [-0.4, -0.2) is 9.55 Å². The maximum atomic E-state index is 5.21. The second-order valence-electron chi connectivity index (χ2n) is 11.7. The Hall–Kier alpha value is -5.84. The van der Waals surface area contributed by atoms with Crippen LogP contribution < -0.4 is 4.90 Å². The summed E-state index contributed by atoms with van der Waals surface area (Å²) in [6.45, 7) is 0. The number of anilines is 3. The number of hydrogen-bond acceptors (Lipinski definition) is 3. The van der Waals surface area contributed by atoms with Crippen LogP contribution in [0.25, 0.3) is 50.4 Å². The summed E-state index contributed by atoms with van der Waals surface area (Å²) in [4.78, 5) is 10.0. The molecule has 47 heavy (non-hydrogen) atoms. The number of imidazole rings is 1. The van der Waals surface area contributed by atoms with E-state index >= 15 is 0 Å². The standard InChI is InChI=1S/C43H29N3S/c1-3-12-30(13-4-1)32-22-25-35(26-23-32)45-39-20-9-10-21-41(39)47-42-29-34(24-27-40(42)45)43-44-37-18-7-8-19-38(37)46(43)36-17-11-16-33(28-36)31-14-5-2-6-15-31/h1-29H. The van der Waals surface area contributed by atoms with Gasteiger partial charge in [-0.15, -0.1) is 0 Å². The fraction of sp³-hybridized carbons (Fsp3) is 0. The Morgan fingerprint density at radius 2 is 1.02 bits per heavy atom. The summed E-state index contributed by atoms with van der Waals surface area (Å²) < 4.78 is 2.30. The molecule has 8 aromatic rings. The molecule has 0 fully saturated rings. The Labute approximate surface area is 278 Å². The average Bonchev–Trinajstić information content (AvgIpc) is 3.54. The van der Waals surface area contributed by atoms with Gasteiger partial charge in [0.15, 0.2) is 0 Å². The van der Waals surface area contributed by atoms with Gasteiger partial charge in [-0.05, 0) is 89.0 Å². The third-order valence-electron chi connectivity index (χ3n) is 8.79. The fourth-order valence-electron chi connectivity index (χ4n) is 6.54. The smallest absolute Gasteiger partial charge is 0.145 e. The van der Waals surface area contributed by atoms with Crippen molar-refractivity contribution in [3.05, 3.63) is 176 Å².